The molecule has 1 aliphatic heterocycles. The number of nitrogens with zero attached hydrogens (tertiary/aromatic N) is 1. The Balaban J connectivity index is 2.20. The number of nitrogens with one attached hydrogen (secondary N) is 1. The summed E-state index contributed by atoms with van der Waals surface area (Å²) in [7, 11) is 0. The first-order valence-corrected chi connectivity index (χ1v) is 6.24. The summed E-state index contributed by atoms with van der Waals surface area (Å²) in [6, 6.07) is 0.808. The van der Waals surface area contributed by atoms with E-state index < -0.39 is 17.5 Å². The van der Waals surface area contributed by atoms with Gasteiger partial charge in [-0.3, -0.25) is 4.79 Å². The minimum absolute atomic E-state index is 0.204. The average Bonchev–Trinajstić information content (AvgIpc) is 2.73. The van der Waals surface area contributed by atoms with Crippen molar-refractivity contribution in [2.24, 2.45) is 0 Å². The molecular weight excluding hydrogens is 257 g/mol. The van der Waals surface area contributed by atoms with Gasteiger partial charge in [0.25, 0.3) is 0 Å². The molecule has 0 bridgehead atoms. The number of benzene rings is 1. The molecule has 2 rings (SSSR count). The molecule has 0 radical (unpaired) electrons. The third-order valence-electron chi connectivity index (χ3n) is 3.13. The Kier molecular flexibility index (Phi) is 4.09. The molecule has 1 aromatic carbocycles. The standard InChI is InChI=1S/C13H15F3N2O/c1-2-4-17-11-3-5-18(13(11)19)12-7-9(15)8(14)6-10(12)16/h6-7,11,17H,2-5H2,1H3. The maximum Gasteiger partial charge on any atom is 0.244 e. The van der Waals surface area contributed by atoms with Crippen LogP contribution in [0.2, 0.25) is 0 Å². The number of carbonyl (C=O) groups is 1. The number of carbonyl (C=O) groups excluding carboxylic acids is 1. The summed E-state index contributed by atoms with van der Waals surface area (Å²) in [4.78, 5) is 13.2. The lowest BCUT2D eigenvalue weighted by molar-refractivity contribution is -0.118. The normalized spacial score (nSPS) is 19.3. The average molecular weight is 272 g/mol. The number of halogens is 3. The molecule has 19 heavy (non-hydrogen) atoms. The van der Waals surface area contributed by atoms with E-state index in [1.165, 1.54) is 0 Å². The molecule has 0 spiro atoms. The van der Waals surface area contributed by atoms with Crippen molar-refractivity contribution in [2.75, 3.05) is 18.0 Å². The molecule has 1 aromatic rings. The molecule has 0 saturated carbocycles. The van der Waals surface area contributed by atoms with Crippen LogP contribution in [0.1, 0.15) is 19.8 Å². The van der Waals surface area contributed by atoms with Crippen molar-refractivity contribution in [1.82, 2.24) is 5.32 Å². The van der Waals surface area contributed by atoms with Gasteiger partial charge in [-0.1, -0.05) is 6.92 Å². The lowest BCUT2D eigenvalue weighted by Gasteiger charge is -2.18. The molecule has 1 atom stereocenters. The molecule has 1 unspecified atom stereocenters. The zero-order chi connectivity index (χ0) is 14.0. The maximum atomic E-state index is 13.6. The predicted molar refractivity (Wildman–Crippen MR) is 65.4 cm³/mol. The summed E-state index contributed by atoms with van der Waals surface area (Å²) in [5.41, 5.74) is -0.204. The van der Waals surface area contributed by atoms with Gasteiger partial charge in [-0.2, -0.15) is 0 Å². The number of hydrogen-bond acceptors (Lipinski definition) is 2. The number of amides is 1. The summed E-state index contributed by atoms with van der Waals surface area (Å²) in [5, 5.41) is 3.04. The summed E-state index contributed by atoms with van der Waals surface area (Å²) >= 11 is 0. The smallest absolute Gasteiger partial charge is 0.244 e. The van der Waals surface area contributed by atoms with Gasteiger partial charge >= 0.3 is 0 Å². The molecule has 1 N–H and O–H groups in total. The van der Waals surface area contributed by atoms with E-state index in [2.05, 4.69) is 5.32 Å². The molecular formula is C13H15F3N2O. The Morgan fingerprint density at radius 1 is 1.26 bits per heavy atom. The fourth-order valence-corrected chi connectivity index (χ4v) is 2.15. The Hall–Kier alpha value is -1.56. The third kappa shape index (κ3) is 2.73. The highest BCUT2D eigenvalue weighted by atomic mass is 19.2. The summed E-state index contributed by atoms with van der Waals surface area (Å²) < 4.78 is 39.6. The third-order valence-corrected chi connectivity index (χ3v) is 3.13. The molecule has 1 saturated heterocycles. The van der Waals surface area contributed by atoms with Crippen molar-refractivity contribution in [3.05, 3.63) is 29.6 Å². The molecule has 1 aliphatic rings. The highest BCUT2D eigenvalue weighted by molar-refractivity contribution is 5.99. The number of hydrogen-bond donors (Lipinski definition) is 1. The molecule has 6 heteroatoms. The van der Waals surface area contributed by atoms with E-state index in [1.54, 1.807) is 0 Å². The van der Waals surface area contributed by atoms with Crippen molar-refractivity contribution in [2.45, 2.75) is 25.8 Å². The van der Waals surface area contributed by atoms with Crippen LogP contribution >= 0.6 is 0 Å². The molecule has 104 valence electrons. The van der Waals surface area contributed by atoms with E-state index in [1.807, 2.05) is 6.92 Å². The second kappa shape index (κ2) is 5.61. The molecule has 1 fully saturated rings. The van der Waals surface area contributed by atoms with Crippen LogP contribution in [0.15, 0.2) is 12.1 Å². The fourth-order valence-electron chi connectivity index (χ4n) is 2.15. The van der Waals surface area contributed by atoms with E-state index in [-0.39, 0.29) is 17.6 Å². The summed E-state index contributed by atoms with van der Waals surface area (Å²) in [5.74, 6) is -3.65. The highest BCUT2D eigenvalue weighted by Gasteiger charge is 2.33. The Bertz CT molecular complexity index is 493. The number of rotatable bonds is 4. The Labute approximate surface area is 109 Å². The molecule has 0 aromatic heterocycles. The van der Waals surface area contributed by atoms with Crippen LogP contribution in [0.5, 0.6) is 0 Å². The Morgan fingerprint density at radius 2 is 1.95 bits per heavy atom. The molecule has 0 aliphatic carbocycles. The van der Waals surface area contributed by atoms with Crippen LogP contribution in [0, 0.1) is 17.5 Å². The van der Waals surface area contributed by atoms with Gasteiger partial charge in [-0.05, 0) is 19.4 Å². The van der Waals surface area contributed by atoms with Crippen molar-refractivity contribution < 1.29 is 18.0 Å². The maximum absolute atomic E-state index is 13.6. The molecule has 1 heterocycles. The second-order valence-corrected chi connectivity index (χ2v) is 4.50. The van der Waals surface area contributed by atoms with E-state index in [0.29, 0.717) is 25.6 Å². The Morgan fingerprint density at radius 3 is 2.63 bits per heavy atom. The quantitative estimate of drug-likeness (QED) is 0.852. The summed E-state index contributed by atoms with van der Waals surface area (Å²) in [6.45, 7) is 2.95. The second-order valence-electron chi connectivity index (χ2n) is 4.50. The van der Waals surface area contributed by atoms with Crippen molar-refractivity contribution in [1.29, 1.82) is 0 Å². The first kappa shape index (κ1) is 13.9. The topological polar surface area (TPSA) is 32.3 Å². The SMILES string of the molecule is CCCNC1CCN(c2cc(F)c(F)cc2F)C1=O. The van der Waals surface area contributed by atoms with Gasteiger partial charge in [0, 0.05) is 18.7 Å². The summed E-state index contributed by atoms with van der Waals surface area (Å²) in [6.07, 6.45) is 1.40. The van der Waals surface area contributed by atoms with Crippen molar-refractivity contribution >= 4 is 11.6 Å². The highest BCUT2D eigenvalue weighted by Crippen LogP contribution is 2.26. The van der Waals surface area contributed by atoms with Crippen LogP contribution in [0.25, 0.3) is 0 Å². The van der Waals surface area contributed by atoms with Gasteiger partial charge in [-0.25, -0.2) is 13.2 Å². The molecule has 3 nitrogen and oxygen atoms in total. The monoisotopic (exact) mass is 272 g/mol. The van der Waals surface area contributed by atoms with Gasteiger partial charge in [-0.15, -0.1) is 0 Å². The van der Waals surface area contributed by atoms with Gasteiger partial charge < -0.3 is 10.2 Å². The largest absolute Gasteiger partial charge is 0.308 e. The first-order chi connectivity index (χ1) is 9.04. The minimum Gasteiger partial charge on any atom is -0.308 e. The van der Waals surface area contributed by atoms with Crippen molar-refractivity contribution in [3.63, 3.8) is 0 Å². The van der Waals surface area contributed by atoms with Crippen LogP contribution in [0.3, 0.4) is 0 Å². The van der Waals surface area contributed by atoms with Crippen molar-refractivity contribution in [3.8, 4) is 0 Å². The van der Waals surface area contributed by atoms with Gasteiger partial charge in [0.05, 0.1) is 11.7 Å². The predicted octanol–water partition coefficient (Wildman–Crippen LogP) is 2.21. The molecule has 1 amide bonds. The van der Waals surface area contributed by atoms with E-state index in [4.69, 9.17) is 0 Å². The first-order valence-electron chi connectivity index (χ1n) is 6.24. The van der Waals surface area contributed by atoms with Gasteiger partial charge in [0.2, 0.25) is 5.91 Å². The van der Waals surface area contributed by atoms with Crippen LogP contribution < -0.4 is 10.2 Å². The van der Waals surface area contributed by atoms with Crippen LogP contribution in [-0.4, -0.2) is 25.0 Å². The minimum atomic E-state index is -1.26. The van der Waals surface area contributed by atoms with Gasteiger partial charge in [0.1, 0.15) is 5.82 Å². The lowest BCUT2D eigenvalue weighted by Crippen LogP contribution is -2.38. The zero-order valence-electron chi connectivity index (χ0n) is 10.5. The van der Waals surface area contributed by atoms with E-state index >= 15 is 0 Å². The van der Waals surface area contributed by atoms with Gasteiger partial charge in [0.15, 0.2) is 11.6 Å². The van der Waals surface area contributed by atoms with E-state index in [9.17, 15) is 18.0 Å². The van der Waals surface area contributed by atoms with Crippen LogP contribution in [-0.2, 0) is 4.79 Å². The number of anilines is 1. The fraction of sp³-hybridized carbons (Fsp3) is 0.462. The lowest BCUT2D eigenvalue weighted by atomic mass is 10.2. The van der Waals surface area contributed by atoms with E-state index in [0.717, 1.165) is 17.4 Å². The zero-order valence-corrected chi connectivity index (χ0v) is 10.5. The van der Waals surface area contributed by atoms with Crippen LogP contribution in [0.4, 0.5) is 18.9 Å².